The number of hydrogen-bond acceptors (Lipinski definition) is 7. The van der Waals surface area contributed by atoms with Gasteiger partial charge in [-0.3, -0.25) is 4.79 Å². The van der Waals surface area contributed by atoms with Crippen molar-refractivity contribution < 1.29 is 19.1 Å². The number of amides is 1. The van der Waals surface area contributed by atoms with Crippen LogP contribution in [-0.4, -0.2) is 36.1 Å². The molecule has 0 unspecified atom stereocenters. The van der Waals surface area contributed by atoms with Crippen LogP contribution in [0.5, 0.6) is 5.75 Å². The first kappa shape index (κ1) is 19.8. The second-order valence-corrected chi connectivity index (χ2v) is 6.12. The number of ether oxygens (including phenoxy) is 2. The summed E-state index contributed by atoms with van der Waals surface area (Å²) < 4.78 is 10.1. The standard InChI is InChI=1S/C21H20N4O4/c1-13-8-9-18(28-2)17(10-13)25-21-22-11-14(12-23-21)19(26)24-16-7-5-4-6-15(16)20(27)29-3/h4-12H,1-3H3,(H,24,26)(H,22,23,25). The molecule has 0 spiro atoms. The topological polar surface area (TPSA) is 102 Å². The van der Waals surface area contributed by atoms with E-state index in [1.54, 1.807) is 31.4 Å². The summed E-state index contributed by atoms with van der Waals surface area (Å²) in [5.74, 6) is -0.00862. The molecule has 8 nitrogen and oxygen atoms in total. The zero-order valence-electron chi connectivity index (χ0n) is 16.2. The SMILES string of the molecule is COC(=O)c1ccccc1NC(=O)c1cnc(Nc2cc(C)ccc2OC)nc1. The Morgan fingerprint density at radius 1 is 0.966 bits per heavy atom. The molecule has 0 aliphatic rings. The first-order valence-electron chi connectivity index (χ1n) is 8.74. The Balaban J connectivity index is 1.75. The van der Waals surface area contributed by atoms with Gasteiger partial charge in [0.25, 0.3) is 5.91 Å². The molecule has 0 aliphatic carbocycles. The first-order chi connectivity index (χ1) is 14.0. The maximum atomic E-state index is 12.5. The monoisotopic (exact) mass is 392 g/mol. The molecule has 8 heteroatoms. The van der Waals surface area contributed by atoms with E-state index >= 15 is 0 Å². The summed E-state index contributed by atoms with van der Waals surface area (Å²) in [5.41, 5.74) is 2.61. The minimum absolute atomic E-state index is 0.242. The van der Waals surface area contributed by atoms with Gasteiger partial charge < -0.3 is 20.1 Å². The number of aromatic nitrogens is 2. The Morgan fingerprint density at radius 3 is 2.38 bits per heavy atom. The Morgan fingerprint density at radius 2 is 1.69 bits per heavy atom. The van der Waals surface area contributed by atoms with Gasteiger partial charge in [0, 0.05) is 12.4 Å². The average molecular weight is 392 g/mol. The third-order valence-corrected chi connectivity index (χ3v) is 4.10. The van der Waals surface area contributed by atoms with Crippen LogP contribution in [0.3, 0.4) is 0 Å². The summed E-state index contributed by atoms with van der Waals surface area (Å²) in [6, 6.07) is 12.3. The van der Waals surface area contributed by atoms with Crippen molar-refractivity contribution in [3.63, 3.8) is 0 Å². The number of nitrogens with one attached hydrogen (secondary N) is 2. The highest BCUT2D eigenvalue weighted by Crippen LogP contribution is 2.27. The fraction of sp³-hybridized carbons (Fsp3) is 0.143. The van der Waals surface area contributed by atoms with Crippen LogP contribution in [0.15, 0.2) is 54.9 Å². The van der Waals surface area contributed by atoms with Gasteiger partial charge in [0.15, 0.2) is 0 Å². The number of aryl methyl sites for hydroxylation is 1. The molecule has 1 aromatic heterocycles. The van der Waals surface area contributed by atoms with Crippen molar-refractivity contribution >= 4 is 29.2 Å². The number of hydrogen-bond donors (Lipinski definition) is 2. The molecule has 148 valence electrons. The van der Waals surface area contributed by atoms with Gasteiger partial charge in [0.1, 0.15) is 5.75 Å². The number of nitrogens with zero attached hydrogens (tertiary/aromatic N) is 2. The number of esters is 1. The van der Waals surface area contributed by atoms with Gasteiger partial charge in [-0.05, 0) is 36.8 Å². The van der Waals surface area contributed by atoms with Crippen molar-refractivity contribution in [3.05, 3.63) is 71.5 Å². The molecule has 0 saturated heterocycles. The smallest absolute Gasteiger partial charge is 0.339 e. The number of carbonyl (C=O) groups is 2. The van der Waals surface area contributed by atoms with Crippen LogP contribution in [0.25, 0.3) is 0 Å². The lowest BCUT2D eigenvalue weighted by Crippen LogP contribution is -2.16. The molecule has 29 heavy (non-hydrogen) atoms. The molecule has 1 amide bonds. The van der Waals surface area contributed by atoms with Crippen LogP contribution in [0, 0.1) is 6.92 Å². The molecule has 0 radical (unpaired) electrons. The lowest BCUT2D eigenvalue weighted by Gasteiger charge is -2.11. The molecule has 0 aliphatic heterocycles. The molecular formula is C21H20N4O4. The van der Waals surface area contributed by atoms with Crippen LogP contribution in [0.1, 0.15) is 26.3 Å². The normalized spacial score (nSPS) is 10.2. The van der Waals surface area contributed by atoms with Crippen molar-refractivity contribution in [1.82, 2.24) is 9.97 Å². The van der Waals surface area contributed by atoms with Gasteiger partial charge in [0.2, 0.25) is 5.95 Å². The summed E-state index contributed by atoms with van der Waals surface area (Å²) in [6.07, 6.45) is 2.79. The Bertz CT molecular complexity index is 1040. The van der Waals surface area contributed by atoms with Crippen molar-refractivity contribution in [2.45, 2.75) is 6.92 Å². The first-order valence-corrected chi connectivity index (χ1v) is 8.74. The van der Waals surface area contributed by atoms with E-state index in [0.29, 0.717) is 17.4 Å². The van der Waals surface area contributed by atoms with E-state index in [2.05, 4.69) is 20.6 Å². The molecule has 0 saturated carbocycles. The number of anilines is 3. The van der Waals surface area contributed by atoms with Crippen LogP contribution < -0.4 is 15.4 Å². The molecule has 0 fully saturated rings. The van der Waals surface area contributed by atoms with Crippen LogP contribution in [-0.2, 0) is 4.74 Å². The summed E-state index contributed by atoms with van der Waals surface area (Å²) in [7, 11) is 2.86. The maximum absolute atomic E-state index is 12.5. The van der Waals surface area contributed by atoms with E-state index in [0.717, 1.165) is 11.3 Å². The quantitative estimate of drug-likeness (QED) is 0.618. The second kappa shape index (κ2) is 8.83. The zero-order chi connectivity index (χ0) is 20.8. The van der Waals surface area contributed by atoms with E-state index in [9.17, 15) is 9.59 Å². The van der Waals surface area contributed by atoms with E-state index in [1.807, 2.05) is 25.1 Å². The van der Waals surface area contributed by atoms with Gasteiger partial charge in [-0.15, -0.1) is 0 Å². The summed E-state index contributed by atoms with van der Waals surface area (Å²) in [4.78, 5) is 32.7. The molecule has 3 aromatic rings. The minimum Gasteiger partial charge on any atom is -0.495 e. The number of benzene rings is 2. The fourth-order valence-corrected chi connectivity index (χ4v) is 2.62. The summed E-state index contributed by atoms with van der Waals surface area (Å²) in [6.45, 7) is 1.96. The predicted molar refractivity (Wildman–Crippen MR) is 109 cm³/mol. The Labute approximate surface area is 167 Å². The Hall–Kier alpha value is -3.94. The molecule has 0 atom stereocenters. The Kier molecular flexibility index (Phi) is 6.03. The summed E-state index contributed by atoms with van der Waals surface area (Å²) in [5, 5.41) is 5.75. The summed E-state index contributed by atoms with van der Waals surface area (Å²) >= 11 is 0. The van der Waals surface area contributed by atoms with Crippen LogP contribution in [0.4, 0.5) is 17.3 Å². The van der Waals surface area contributed by atoms with Gasteiger partial charge >= 0.3 is 5.97 Å². The van der Waals surface area contributed by atoms with E-state index in [-0.39, 0.29) is 11.1 Å². The maximum Gasteiger partial charge on any atom is 0.339 e. The van der Waals surface area contributed by atoms with E-state index in [4.69, 9.17) is 9.47 Å². The highest BCUT2D eigenvalue weighted by atomic mass is 16.5. The van der Waals surface area contributed by atoms with Crippen molar-refractivity contribution in [1.29, 1.82) is 0 Å². The third-order valence-electron chi connectivity index (χ3n) is 4.10. The van der Waals surface area contributed by atoms with Crippen molar-refractivity contribution in [2.24, 2.45) is 0 Å². The highest BCUT2D eigenvalue weighted by molar-refractivity contribution is 6.07. The van der Waals surface area contributed by atoms with Gasteiger partial charge in [-0.2, -0.15) is 0 Å². The van der Waals surface area contributed by atoms with E-state index in [1.165, 1.54) is 19.5 Å². The minimum atomic E-state index is -0.538. The van der Waals surface area contributed by atoms with Crippen molar-refractivity contribution in [3.8, 4) is 5.75 Å². The molecule has 2 aromatic carbocycles. The fourth-order valence-electron chi connectivity index (χ4n) is 2.62. The largest absolute Gasteiger partial charge is 0.495 e. The average Bonchev–Trinajstić information content (AvgIpc) is 2.74. The molecule has 1 heterocycles. The van der Waals surface area contributed by atoms with Gasteiger partial charge in [-0.25, -0.2) is 14.8 Å². The third kappa shape index (κ3) is 4.67. The number of carbonyl (C=O) groups excluding carboxylic acids is 2. The molecule has 0 bridgehead atoms. The molecular weight excluding hydrogens is 372 g/mol. The second-order valence-electron chi connectivity index (χ2n) is 6.12. The highest BCUT2D eigenvalue weighted by Gasteiger charge is 2.15. The lowest BCUT2D eigenvalue weighted by molar-refractivity contribution is 0.0602. The zero-order valence-corrected chi connectivity index (χ0v) is 16.2. The van der Waals surface area contributed by atoms with Gasteiger partial charge in [-0.1, -0.05) is 18.2 Å². The predicted octanol–water partition coefficient (Wildman–Crippen LogP) is 3.58. The van der Waals surface area contributed by atoms with E-state index < -0.39 is 11.9 Å². The molecule has 3 rings (SSSR count). The van der Waals surface area contributed by atoms with Gasteiger partial charge in [0.05, 0.1) is 36.7 Å². The molecule has 2 N–H and O–H groups in total. The van der Waals surface area contributed by atoms with Crippen molar-refractivity contribution in [2.75, 3.05) is 24.9 Å². The lowest BCUT2D eigenvalue weighted by atomic mass is 10.1. The van der Waals surface area contributed by atoms with Crippen LogP contribution in [0.2, 0.25) is 0 Å². The number of methoxy groups -OCH3 is 2. The van der Waals surface area contributed by atoms with Crippen LogP contribution >= 0.6 is 0 Å². The number of rotatable bonds is 6. The number of para-hydroxylation sites is 1.